The lowest BCUT2D eigenvalue weighted by Gasteiger charge is -2.34. The summed E-state index contributed by atoms with van der Waals surface area (Å²) in [6.07, 6.45) is -1.78. The molecule has 0 spiro atoms. The van der Waals surface area contributed by atoms with Crippen molar-refractivity contribution in [2.24, 2.45) is 0 Å². The summed E-state index contributed by atoms with van der Waals surface area (Å²) in [5.74, 6) is 0. The molecule has 1 rings (SSSR count). The van der Waals surface area contributed by atoms with Gasteiger partial charge in [0.05, 0.1) is 12.2 Å². The lowest BCUT2D eigenvalue weighted by molar-refractivity contribution is -0.247. The highest BCUT2D eigenvalue weighted by molar-refractivity contribution is 4.79. The minimum atomic E-state index is -1.11. The molecule has 0 amide bonds. The maximum atomic E-state index is 9.26. The molecule has 0 aromatic rings. The third kappa shape index (κ3) is 1.90. The van der Waals surface area contributed by atoms with Crippen molar-refractivity contribution in [3.05, 3.63) is 0 Å². The molecular formula is C7H14O4. The fourth-order valence-corrected chi connectivity index (χ4v) is 1.26. The fourth-order valence-electron chi connectivity index (χ4n) is 1.26. The van der Waals surface area contributed by atoms with Crippen LogP contribution in [0.5, 0.6) is 0 Å². The van der Waals surface area contributed by atoms with Gasteiger partial charge in [0.25, 0.3) is 0 Å². The van der Waals surface area contributed by atoms with Gasteiger partial charge in [0.15, 0.2) is 6.29 Å². The molecule has 0 aromatic carbocycles. The lowest BCUT2D eigenvalue weighted by atomic mass is 10.0. The minimum absolute atomic E-state index is 0.0571. The van der Waals surface area contributed by atoms with E-state index in [-0.39, 0.29) is 12.2 Å². The molecule has 1 aliphatic rings. The van der Waals surface area contributed by atoms with E-state index in [2.05, 4.69) is 0 Å². The van der Waals surface area contributed by atoms with Crippen LogP contribution >= 0.6 is 0 Å². The van der Waals surface area contributed by atoms with Crippen LogP contribution in [0.2, 0.25) is 0 Å². The van der Waals surface area contributed by atoms with Crippen molar-refractivity contribution in [2.75, 3.05) is 7.11 Å². The van der Waals surface area contributed by atoms with Gasteiger partial charge in [-0.05, 0) is 6.92 Å². The zero-order chi connectivity index (χ0) is 8.43. The van der Waals surface area contributed by atoms with Crippen LogP contribution in [-0.4, -0.2) is 41.9 Å². The van der Waals surface area contributed by atoms with Gasteiger partial charge >= 0.3 is 0 Å². The van der Waals surface area contributed by atoms with E-state index in [1.165, 1.54) is 7.11 Å². The third-order valence-electron chi connectivity index (χ3n) is 1.91. The van der Waals surface area contributed by atoms with Crippen LogP contribution < -0.4 is 0 Å². The molecule has 1 aliphatic heterocycles. The smallest absolute Gasteiger partial charge is 0.183 e. The quantitative estimate of drug-likeness (QED) is 0.545. The van der Waals surface area contributed by atoms with Crippen LogP contribution in [0.25, 0.3) is 0 Å². The largest absolute Gasteiger partial charge is 0.385 e. The van der Waals surface area contributed by atoms with Crippen molar-refractivity contribution in [1.82, 2.24) is 0 Å². The summed E-state index contributed by atoms with van der Waals surface area (Å²) in [7, 11) is 1.51. The second-order valence-corrected chi connectivity index (χ2v) is 2.84. The van der Waals surface area contributed by atoms with Crippen LogP contribution in [0, 0.1) is 0 Å². The van der Waals surface area contributed by atoms with E-state index in [9.17, 15) is 5.11 Å². The van der Waals surface area contributed by atoms with E-state index in [1.807, 2.05) is 6.92 Å². The topological polar surface area (TPSA) is 58.9 Å². The highest BCUT2D eigenvalue weighted by Crippen LogP contribution is 2.20. The highest BCUT2D eigenvalue weighted by atomic mass is 16.6. The van der Waals surface area contributed by atoms with Crippen LogP contribution in [0.3, 0.4) is 0 Å². The Kier molecular flexibility index (Phi) is 2.84. The van der Waals surface area contributed by atoms with Crippen molar-refractivity contribution in [1.29, 1.82) is 0 Å². The predicted octanol–water partition coefficient (Wildman–Crippen LogP) is -0.510. The molecule has 11 heavy (non-hydrogen) atoms. The molecule has 66 valence electrons. The Morgan fingerprint density at radius 1 is 1.45 bits per heavy atom. The van der Waals surface area contributed by atoms with E-state index >= 15 is 0 Å². The summed E-state index contributed by atoms with van der Waals surface area (Å²) in [5.41, 5.74) is 0. The zero-order valence-corrected chi connectivity index (χ0v) is 6.73. The second kappa shape index (κ2) is 3.49. The van der Waals surface area contributed by atoms with E-state index in [1.54, 1.807) is 0 Å². The van der Waals surface area contributed by atoms with E-state index in [4.69, 9.17) is 14.6 Å². The van der Waals surface area contributed by atoms with Gasteiger partial charge in [0.2, 0.25) is 0 Å². The lowest BCUT2D eigenvalue weighted by Crippen LogP contribution is -2.48. The first-order valence-electron chi connectivity index (χ1n) is 3.69. The number of aliphatic hydroxyl groups is 2. The Morgan fingerprint density at radius 2 is 2.09 bits per heavy atom. The van der Waals surface area contributed by atoms with Gasteiger partial charge in [-0.2, -0.15) is 0 Å². The molecule has 0 radical (unpaired) electrons. The summed E-state index contributed by atoms with van der Waals surface area (Å²) >= 11 is 0. The number of aliphatic hydroxyl groups excluding tert-OH is 2. The van der Waals surface area contributed by atoms with Gasteiger partial charge < -0.3 is 19.7 Å². The maximum Gasteiger partial charge on any atom is 0.183 e. The summed E-state index contributed by atoms with van der Waals surface area (Å²) in [5, 5.41) is 18.4. The molecule has 0 aliphatic carbocycles. The minimum Gasteiger partial charge on any atom is -0.385 e. The number of hydrogen-bond acceptors (Lipinski definition) is 4. The van der Waals surface area contributed by atoms with Crippen LogP contribution in [0.1, 0.15) is 13.3 Å². The normalized spacial score (nSPS) is 45.8. The fraction of sp³-hybridized carbons (Fsp3) is 1.00. The number of rotatable bonds is 1. The molecule has 2 N–H and O–H groups in total. The van der Waals surface area contributed by atoms with E-state index < -0.39 is 12.4 Å². The van der Waals surface area contributed by atoms with Gasteiger partial charge in [0.1, 0.15) is 6.10 Å². The Balaban J connectivity index is 2.51. The Morgan fingerprint density at radius 3 is 2.64 bits per heavy atom. The summed E-state index contributed by atoms with van der Waals surface area (Å²) in [4.78, 5) is 0. The van der Waals surface area contributed by atoms with Crippen LogP contribution in [-0.2, 0) is 9.47 Å². The molecule has 0 bridgehead atoms. The molecule has 0 saturated carbocycles. The van der Waals surface area contributed by atoms with Crippen molar-refractivity contribution in [3.63, 3.8) is 0 Å². The van der Waals surface area contributed by atoms with Crippen molar-refractivity contribution in [2.45, 2.75) is 37.9 Å². The number of hydrogen-bond donors (Lipinski definition) is 2. The molecule has 4 heteroatoms. The van der Waals surface area contributed by atoms with Crippen LogP contribution in [0.15, 0.2) is 0 Å². The first-order chi connectivity index (χ1) is 5.15. The highest BCUT2D eigenvalue weighted by Gasteiger charge is 2.34. The maximum absolute atomic E-state index is 9.26. The third-order valence-corrected chi connectivity index (χ3v) is 1.91. The second-order valence-electron chi connectivity index (χ2n) is 2.84. The molecule has 0 unspecified atom stereocenters. The Bertz CT molecular complexity index is 128. The average Bonchev–Trinajstić information content (AvgIpc) is 1.96. The molecule has 1 heterocycles. The molecule has 4 atom stereocenters. The molecular weight excluding hydrogens is 148 g/mol. The molecule has 4 nitrogen and oxygen atoms in total. The standard InChI is InChI=1S/C7H14O4/c1-4-3-5(10-2)6(8)7(9)11-4/h4-9H,3H2,1-2H3/t4-,5+,6-,7+/m0/s1. The first-order valence-corrected chi connectivity index (χ1v) is 3.69. The monoisotopic (exact) mass is 162 g/mol. The number of ether oxygens (including phenoxy) is 2. The Hall–Kier alpha value is -0.160. The number of methoxy groups -OCH3 is 1. The molecule has 1 fully saturated rings. The first kappa shape index (κ1) is 8.93. The summed E-state index contributed by atoms with van der Waals surface area (Å²) in [6, 6.07) is 0. The summed E-state index contributed by atoms with van der Waals surface area (Å²) in [6.45, 7) is 1.83. The zero-order valence-electron chi connectivity index (χ0n) is 6.73. The van der Waals surface area contributed by atoms with Gasteiger partial charge in [-0.15, -0.1) is 0 Å². The Labute approximate surface area is 65.7 Å². The van der Waals surface area contributed by atoms with E-state index in [0.717, 1.165) is 0 Å². The SMILES string of the molecule is CO[C@@H]1C[C@H](C)O[C@@H](O)[C@H]1O. The van der Waals surface area contributed by atoms with Gasteiger partial charge in [0, 0.05) is 13.5 Å². The molecule has 0 aromatic heterocycles. The van der Waals surface area contributed by atoms with Gasteiger partial charge in [-0.1, -0.05) is 0 Å². The molecule has 1 saturated heterocycles. The van der Waals surface area contributed by atoms with E-state index in [0.29, 0.717) is 6.42 Å². The van der Waals surface area contributed by atoms with Crippen LogP contribution in [0.4, 0.5) is 0 Å². The van der Waals surface area contributed by atoms with Crippen molar-refractivity contribution < 1.29 is 19.7 Å². The van der Waals surface area contributed by atoms with Gasteiger partial charge in [-0.3, -0.25) is 0 Å². The van der Waals surface area contributed by atoms with Gasteiger partial charge in [-0.25, -0.2) is 0 Å². The summed E-state index contributed by atoms with van der Waals surface area (Å²) < 4.78 is 9.91. The predicted molar refractivity (Wildman–Crippen MR) is 38.0 cm³/mol. The van der Waals surface area contributed by atoms with Crippen molar-refractivity contribution >= 4 is 0 Å². The van der Waals surface area contributed by atoms with Crippen molar-refractivity contribution in [3.8, 4) is 0 Å². The average molecular weight is 162 g/mol.